The highest BCUT2D eigenvalue weighted by molar-refractivity contribution is 6.17. The van der Waals surface area contributed by atoms with Crippen LogP contribution in [0, 0.1) is 0 Å². The maximum atomic E-state index is 11.7. The normalized spacial score (nSPS) is 17.9. The lowest BCUT2D eigenvalue weighted by atomic mass is 10.1. The van der Waals surface area contributed by atoms with Crippen LogP contribution in [0.5, 0.6) is 5.75 Å². The fourth-order valence-electron chi connectivity index (χ4n) is 1.49. The summed E-state index contributed by atoms with van der Waals surface area (Å²) in [6.45, 7) is 0. The Hall–Kier alpha value is -0.970. The van der Waals surface area contributed by atoms with Crippen LogP contribution in [0.2, 0.25) is 0 Å². The van der Waals surface area contributed by atoms with Crippen molar-refractivity contribution in [2.75, 3.05) is 5.88 Å². The molecule has 1 amide bonds. The Labute approximate surface area is 105 Å². The number of quaternary nitrogens is 1. The van der Waals surface area contributed by atoms with Crippen molar-refractivity contribution < 1.29 is 27.7 Å². The van der Waals surface area contributed by atoms with Crippen molar-refractivity contribution in [3.63, 3.8) is 0 Å². The number of halogens is 2. The summed E-state index contributed by atoms with van der Waals surface area (Å²) in [4.78, 5) is 11.7. The molecule has 0 spiro atoms. The van der Waals surface area contributed by atoms with Crippen LogP contribution < -0.4 is 28.2 Å². The average Bonchev–Trinajstić information content (AvgIpc) is 2.20. The van der Waals surface area contributed by atoms with Gasteiger partial charge in [-0.05, 0) is 6.07 Å². The van der Waals surface area contributed by atoms with Crippen LogP contribution in [0.1, 0.15) is 16.8 Å². The van der Waals surface area contributed by atoms with Gasteiger partial charge in [0, 0.05) is 24.4 Å². The quantitative estimate of drug-likeness (QED) is 0.586. The van der Waals surface area contributed by atoms with Crippen molar-refractivity contribution in [2.45, 2.75) is 12.6 Å². The predicted octanol–water partition coefficient (Wildman–Crippen LogP) is -2.36. The SMILES string of the molecule is [Cl-].[NH3+]c1ccc2c(c1)C(=O)NC(CCCl)O2. The first-order valence-electron chi connectivity index (χ1n) is 4.70. The molecule has 1 aliphatic rings. The molecule has 1 aliphatic heterocycles. The molecule has 2 rings (SSSR count). The van der Waals surface area contributed by atoms with E-state index in [1.807, 2.05) is 6.07 Å². The Morgan fingerprint density at radius 1 is 1.50 bits per heavy atom. The first-order chi connectivity index (χ1) is 7.20. The minimum Gasteiger partial charge on any atom is -1.00 e. The van der Waals surface area contributed by atoms with Crippen molar-refractivity contribution in [1.82, 2.24) is 5.32 Å². The van der Waals surface area contributed by atoms with E-state index in [9.17, 15) is 4.79 Å². The highest BCUT2D eigenvalue weighted by atomic mass is 35.5. The second-order valence-electron chi connectivity index (χ2n) is 3.39. The van der Waals surface area contributed by atoms with Crippen molar-refractivity contribution in [3.05, 3.63) is 23.8 Å². The minimum absolute atomic E-state index is 0. The van der Waals surface area contributed by atoms with Gasteiger partial charge in [0.2, 0.25) is 0 Å². The molecule has 0 fully saturated rings. The molecule has 0 bridgehead atoms. The lowest BCUT2D eigenvalue weighted by Gasteiger charge is -2.26. The third-order valence-corrected chi connectivity index (χ3v) is 2.44. The second-order valence-corrected chi connectivity index (χ2v) is 3.77. The summed E-state index contributed by atoms with van der Waals surface area (Å²) in [7, 11) is 0. The topological polar surface area (TPSA) is 66.0 Å². The number of hydrogen-bond donors (Lipinski definition) is 2. The molecule has 88 valence electrons. The lowest BCUT2D eigenvalue weighted by molar-refractivity contribution is -0.254. The van der Waals surface area contributed by atoms with E-state index in [-0.39, 0.29) is 24.5 Å². The first kappa shape index (κ1) is 13.1. The Morgan fingerprint density at radius 3 is 2.94 bits per heavy atom. The van der Waals surface area contributed by atoms with E-state index in [4.69, 9.17) is 16.3 Å². The van der Waals surface area contributed by atoms with Gasteiger partial charge in [-0.15, -0.1) is 11.6 Å². The van der Waals surface area contributed by atoms with Gasteiger partial charge < -0.3 is 28.2 Å². The van der Waals surface area contributed by atoms with Crippen LogP contribution in [0.4, 0.5) is 5.69 Å². The number of carbonyl (C=O) groups is 1. The van der Waals surface area contributed by atoms with Crippen molar-refractivity contribution in [3.8, 4) is 5.75 Å². The van der Waals surface area contributed by atoms with Crippen molar-refractivity contribution in [1.29, 1.82) is 0 Å². The number of alkyl halides is 1. The fraction of sp³-hybridized carbons (Fsp3) is 0.300. The van der Waals surface area contributed by atoms with Crippen LogP contribution in [0.25, 0.3) is 0 Å². The number of fused-ring (bicyclic) bond motifs is 1. The summed E-state index contributed by atoms with van der Waals surface area (Å²) in [6.07, 6.45) is 0.275. The van der Waals surface area contributed by atoms with Gasteiger partial charge in [0.05, 0.1) is 5.56 Å². The van der Waals surface area contributed by atoms with Crippen molar-refractivity contribution in [2.24, 2.45) is 0 Å². The molecular weight excluding hydrogens is 251 g/mol. The summed E-state index contributed by atoms with van der Waals surface area (Å²) in [5.41, 5.74) is 5.09. The van der Waals surface area contributed by atoms with Gasteiger partial charge in [0.1, 0.15) is 11.4 Å². The van der Waals surface area contributed by atoms with Gasteiger partial charge in [0.15, 0.2) is 6.23 Å². The van der Waals surface area contributed by atoms with Gasteiger partial charge in [-0.2, -0.15) is 0 Å². The second kappa shape index (κ2) is 5.39. The molecule has 6 heteroatoms. The fourth-order valence-corrected chi connectivity index (χ4v) is 1.69. The molecule has 0 aromatic heterocycles. The summed E-state index contributed by atoms with van der Waals surface area (Å²) >= 11 is 5.59. The lowest BCUT2D eigenvalue weighted by Crippen LogP contribution is -3.00. The number of carbonyl (C=O) groups excluding carboxylic acids is 1. The summed E-state index contributed by atoms with van der Waals surface area (Å²) in [6, 6.07) is 5.29. The molecule has 0 aliphatic carbocycles. The monoisotopic (exact) mass is 262 g/mol. The summed E-state index contributed by atoms with van der Waals surface area (Å²) in [5.74, 6) is 0.923. The highest BCUT2D eigenvalue weighted by Crippen LogP contribution is 2.25. The number of rotatable bonds is 2. The number of nitrogens with one attached hydrogen (secondary N) is 1. The van der Waals surface area contributed by atoms with E-state index in [0.717, 1.165) is 5.69 Å². The standard InChI is InChI=1S/C10H11ClN2O2.ClH/c11-4-3-9-13-10(14)7-5-6(12)1-2-8(7)15-9;/h1-2,5,9H,3-4,12H2,(H,13,14);1H. The maximum Gasteiger partial charge on any atom is 0.258 e. The van der Waals surface area contributed by atoms with Crippen LogP contribution in [-0.4, -0.2) is 18.0 Å². The minimum atomic E-state index is -0.321. The summed E-state index contributed by atoms with van der Waals surface area (Å²) in [5, 5.41) is 2.73. The zero-order valence-corrected chi connectivity index (χ0v) is 10.0. The number of amides is 1. The molecule has 0 radical (unpaired) electrons. The molecule has 4 N–H and O–H groups in total. The number of benzene rings is 1. The third-order valence-electron chi connectivity index (χ3n) is 2.22. The molecule has 4 nitrogen and oxygen atoms in total. The van der Waals surface area contributed by atoms with E-state index in [0.29, 0.717) is 23.6 Å². The van der Waals surface area contributed by atoms with Crippen molar-refractivity contribution >= 4 is 23.2 Å². The number of ether oxygens (including phenoxy) is 1. The molecule has 1 heterocycles. The Morgan fingerprint density at radius 2 is 2.25 bits per heavy atom. The van der Waals surface area contributed by atoms with Gasteiger partial charge in [0.25, 0.3) is 5.91 Å². The smallest absolute Gasteiger partial charge is 0.258 e. The molecule has 1 atom stereocenters. The largest absolute Gasteiger partial charge is 1.00 e. The van der Waals surface area contributed by atoms with Gasteiger partial charge in [-0.3, -0.25) is 4.79 Å². The molecule has 0 saturated heterocycles. The Bertz CT molecular complexity index is 398. The van der Waals surface area contributed by atoms with E-state index < -0.39 is 0 Å². The van der Waals surface area contributed by atoms with Crippen LogP contribution in [0.15, 0.2) is 18.2 Å². The van der Waals surface area contributed by atoms with E-state index in [2.05, 4.69) is 11.1 Å². The van der Waals surface area contributed by atoms with Crippen LogP contribution >= 0.6 is 11.6 Å². The first-order valence-corrected chi connectivity index (χ1v) is 5.23. The molecule has 16 heavy (non-hydrogen) atoms. The molecule has 1 aromatic carbocycles. The van der Waals surface area contributed by atoms with E-state index in [1.165, 1.54) is 0 Å². The summed E-state index contributed by atoms with van der Waals surface area (Å²) < 4.78 is 5.55. The average molecular weight is 263 g/mol. The zero-order valence-electron chi connectivity index (χ0n) is 8.50. The molecule has 0 saturated carbocycles. The predicted molar refractivity (Wildman–Crippen MR) is 56.2 cm³/mol. The van der Waals surface area contributed by atoms with Gasteiger partial charge in [-0.25, -0.2) is 0 Å². The molecule has 1 aromatic rings. The highest BCUT2D eigenvalue weighted by Gasteiger charge is 2.25. The van der Waals surface area contributed by atoms with E-state index >= 15 is 0 Å². The van der Waals surface area contributed by atoms with Gasteiger partial charge in [-0.1, -0.05) is 0 Å². The van der Waals surface area contributed by atoms with Gasteiger partial charge >= 0.3 is 0 Å². The maximum absolute atomic E-state index is 11.7. The number of hydrogen-bond acceptors (Lipinski definition) is 2. The molecular formula is C10H12Cl2N2O2. The van der Waals surface area contributed by atoms with Crippen LogP contribution in [0.3, 0.4) is 0 Å². The third kappa shape index (κ3) is 2.58. The van der Waals surface area contributed by atoms with E-state index in [1.54, 1.807) is 12.1 Å². The Balaban J connectivity index is 0.00000128. The molecule has 1 unspecified atom stereocenters. The van der Waals surface area contributed by atoms with Crippen LogP contribution in [-0.2, 0) is 0 Å². The zero-order chi connectivity index (χ0) is 10.8. The Kier molecular flexibility index (Phi) is 4.41.